The molecular weight excluding hydrogens is 261 g/mol. The average molecular weight is 274 g/mol. The van der Waals surface area contributed by atoms with Crippen LogP contribution in [0.3, 0.4) is 0 Å². The summed E-state index contributed by atoms with van der Waals surface area (Å²) >= 11 is 11.6. The standard InChI is InChI=1S/C12H13Cl2NO2/c13-6-12(3-4-12)7-15-11(17)9-5-8(14)1-2-10(9)16/h1-2,5,16H,3-4,6-7H2,(H,15,17). The molecule has 3 nitrogen and oxygen atoms in total. The molecule has 17 heavy (non-hydrogen) atoms. The van der Waals surface area contributed by atoms with Crippen LogP contribution in [0.1, 0.15) is 23.2 Å². The molecule has 1 aromatic carbocycles. The monoisotopic (exact) mass is 273 g/mol. The first kappa shape index (κ1) is 12.5. The molecule has 1 fully saturated rings. The fourth-order valence-corrected chi connectivity index (χ4v) is 2.12. The average Bonchev–Trinajstić information content (AvgIpc) is 3.10. The van der Waals surface area contributed by atoms with Crippen LogP contribution < -0.4 is 5.32 Å². The van der Waals surface area contributed by atoms with Crippen molar-refractivity contribution in [2.24, 2.45) is 5.41 Å². The third kappa shape index (κ3) is 2.85. The second kappa shape index (κ2) is 4.75. The molecule has 1 amide bonds. The van der Waals surface area contributed by atoms with Crippen molar-refractivity contribution < 1.29 is 9.90 Å². The van der Waals surface area contributed by atoms with Crippen LogP contribution in [0.5, 0.6) is 5.75 Å². The first-order chi connectivity index (χ1) is 8.06. The van der Waals surface area contributed by atoms with E-state index in [0.717, 1.165) is 12.8 Å². The van der Waals surface area contributed by atoms with Gasteiger partial charge in [-0.15, -0.1) is 11.6 Å². The Balaban J connectivity index is 2.02. The van der Waals surface area contributed by atoms with Crippen LogP contribution in [0.25, 0.3) is 0 Å². The smallest absolute Gasteiger partial charge is 0.255 e. The third-order valence-corrected chi connectivity index (χ3v) is 3.87. The van der Waals surface area contributed by atoms with Crippen LogP contribution in [0.2, 0.25) is 5.02 Å². The van der Waals surface area contributed by atoms with Gasteiger partial charge in [0.15, 0.2) is 0 Å². The Labute approximate surface area is 110 Å². The van der Waals surface area contributed by atoms with Gasteiger partial charge in [-0.25, -0.2) is 0 Å². The molecule has 2 rings (SSSR count). The third-order valence-electron chi connectivity index (χ3n) is 3.07. The lowest BCUT2D eigenvalue weighted by atomic mass is 10.1. The molecule has 0 bridgehead atoms. The van der Waals surface area contributed by atoms with E-state index in [1.54, 1.807) is 0 Å². The number of carbonyl (C=O) groups is 1. The zero-order chi connectivity index (χ0) is 12.5. The number of alkyl halides is 1. The first-order valence-corrected chi connectivity index (χ1v) is 6.30. The molecule has 0 spiro atoms. The molecule has 0 aromatic heterocycles. The highest BCUT2D eigenvalue weighted by Crippen LogP contribution is 2.45. The van der Waals surface area contributed by atoms with Gasteiger partial charge in [-0.1, -0.05) is 11.6 Å². The SMILES string of the molecule is O=C(NCC1(CCl)CC1)c1cc(Cl)ccc1O. The molecule has 2 N–H and O–H groups in total. The molecule has 1 aromatic rings. The Bertz CT molecular complexity index is 444. The molecule has 1 aliphatic rings. The maximum absolute atomic E-state index is 11.8. The van der Waals surface area contributed by atoms with E-state index in [4.69, 9.17) is 23.2 Å². The predicted octanol–water partition coefficient (Wildman–Crippen LogP) is 2.79. The molecule has 0 radical (unpaired) electrons. The minimum absolute atomic E-state index is 0.0609. The van der Waals surface area contributed by atoms with Gasteiger partial charge in [0.25, 0.3) is 5.91 Å². The first-order valence-electron chi connectivity index (χ1n) is 5.39. The van der Waals surface area contributed by atoms with Gasteiger partial charge < -0.3 is 10.4 Å². The summed E-state index contributed by atoms with van der Waals surface area (Å²) in [6.45, 7) is 0.543. The van der Waals surface area contributed by atoms with Gasteiger partial charge in [-0.3, -0.25) is 4.79 Å². The van der Waals surface area contributed by atoms with E-state index in [1.165, 1.54) is 18.2 Å². The van der Waals surface area contributed by atoms with E-state index in [1.807, 2.05) is 0 Å². The number of phenolic OH excluding ortho intramolecular Hbond substituents is 1. The number of carbonyl (C=O) groups excluding carboxylic acids is 1. The van der Waals surface area contributed by atoms with Gasteiger partial charge in [-0.05, 0) is 31.0 Å². The van der Waals surface area contributed by atoms with E-state index in [-0.39, 0.29) is 22.6 Å². The number of halogens is 2. The lowest BCUT2D eigenvalue weighted by Gasteiger charge is -2.13. The maximum atomic E-state index is 11.8. The fourth-order valence-electron chi connectivity index (χ4n) is 1.59. The summed E-state index contributed by atoms with van der Waals surface area (Å²) in [4.78, 5) is 11.8. The normalized spacial score (nSPS) is 16.6. The summed E-state index contributed by atoms with van der Waals surface area (Å²) in [6, 6.07) is 4.40. The molecule has 0 unspecified atom stereocenters. The Morgan fingerprint density at radius 3 is 2.76 bits per heavy atom. The molecule has 0 aliphatic heterocycles. The number of hydrogen-bond acceptors (Lipinski definition) is 2. The number of rotatable bonds is 4. The quantitative estimate of drug-likeness (QED) is 0.829. The van der Waals surface area contributed by atoms with Crippen LogP contribution >= 0.6 is 23.2 Å². The van der Waals surface area contributed by atoms with Crippen molar-refractivity contribution in [2.75, 3.05) is 12.4 Å². The van der Waals surface area contributed by atoms with Crippen LogP contribution in [-0.4, -0.2) is 23.4 Å². The largest absolute Gasteiger partial charge is 0.507 e. The number of phenols is 1. The fraction of sp³-hybridized carbons (Fsp3) is 0.417. The second-order valence-corrected chi connectivity index (χ2v) is 5.18. The Morgan fingerprint density at radius 2 is 2.18 bits per heavy atom. The lowest BCUT2D eigenvalue weighted by Crippen LogP contribution is -2.31. The van der Waals surface area contributed by atoms with Gasteiger partial charge in [0.05, 0.1) is 5.56 Å². The molecule has 92 valence electrons. The number of nitrogens with one attached hydrogen (secondary N) is 1. The number of hydrogen-bond donors (Lipinski definition) is 2. The summed E-state index contributed by atoms with van der Waals surface area (Å²) in [5.74, 6) is 0.165. The zero-order valence-electron chi connectivity index (χ0n) is 9.17. The Kier molecular flexibility index (Phi) is 3.50. The molecule has 0 saturated heterocycles. The maximum Gasteiger partial charge on any atom is 0.255 e. The molecule has 5 heteroatoms. The van der Waals surface area contributed by atoms with Crippen molar-refractivity contribution in [3.05, 3.63) is 28.8 Å². The van der Waals surface area contributed by atoms with Crippen molar-refractivity contribution >= 4 is 29.1 Å². The van der Waals surface area contributed by atoms with Gasteiger partial charge in [0.1, 0.15) is 5.75 Å². The molecule has 0 atom stereocenters. The Hall–Kier alpha value is -0.930. The van der Waals surface area contributed by atoms with Crippen molar-refractivity contribution in [3.63, 3.8) is 0 Å². The molecule has 1 saturated carbocycles. The Morgan fingerprint density at radius 1 is 1.47 bits per heavy atom. The second-order valence-electron chi connectivity index (χ2n) is 4.48. The lowest BCUT2D eigenvalue weighted by molar-refractivity contribution is 0.0944. The van der Waals surface area contributed by atoms with Crippen molar-refractivity contribution in [1.29, 1.82) is 0 Å². The van der Waals surface area contributed by atoms with Crippen LogP contribution in [0, 0.1) is 5.41 Å². The number of amides is 1. The van der Waals surface area contributed by atoms with Crippen molar-refractivity contribution in [2.45, 2.75) is 12.8 Å². The molecule has 0 heterocycles. The van der Waals surface area contributed by atoms with Crippen molar-refractivity contribution in [1.82, 2.24) is 5.32 Å². The summed E-state index contributed by atoms with van der Waals surface area (Å²) in [5.41, 5.74) is 0.258. The van der Waals surface area contributed by atoms with Crippen LogP contribution in [0.4, 0.5) is 0 Å². The van der Waals surface area contributed by atoms with E-state index in [9.17, 15) is 9.90 Å². The van der Waals surface area contributed by atoms with Gasteiger partial charge in [0.2, 0.25) is 0 Å². The molecular formula is C12H13Cl2NO2. The minimum Gasteiger partial charge on any atom is -0.507 e. The summed E-state index contributed by atoms with van der Waals surface area (Å²) < 4.78 is 0. The summed E-state index contributed by atoms with van der Waals surface area (Å²) in [6.07, 6.45) is 2.08. The van der Waals surface area contributed by atoms with Gasteiger partial charge in [-0.2, -0.15) is 0 Å². The van der Waals surface area contributed by atoms with Crippen LogP contribution in [-0.2, 0) is 0 Å². The van der Waals surface area contributed by atoms with E-state index >= 15 is 0 Å². The van der Waals surface area contributed by atoms with Crippen molar-refractivity contribution in [3.8, 4) is 5.75 Å². The highest BCUT2D eigenvalue weighted by atomic mass is 35.5. The summed E-state index contributed by atoms with van der Waals surface area (Å²) in [5, 5.41) is 12.8. The van der Waals surface area contributed by atoms with E-state index in [0.29, 0.717) is 17.4 Å². The topological polar surface area (TPSA) is 49.3 Å². The van der Waals surface area contributed by atoms with Crippen LogP contribution in [0.15, 0.2) is 18.2 Å². The highest BCUT2D eigenvalue weighted by molar-refractivity contribution is 6.31. The summed E-state index contributed by atoms with van der Waals surface area (Å²) in [7, 11) is 0. The number of benzene rings is 1. The number of aromatic hydroxyl groups is 1. The van der Waals surface area contributed by atoms with Gasteiger partial charge >= 0.3 is 0 Å². The molecule has 1 aliphatic carbocycles. The van der Waals surface area contributed by atoms with Gasteiger partial charge in [0, 0.05) is 22.9 Å². The van der Waals surface area contributed by atoms with E-state index in [2.05, 4.69) is 5.32 Å². The predicted molar refractivity (Wildman–Crippen MR) is 67.8 cm³/mol. The zero-order valence-corrected chi connectivity index (χ0v) is 10.7. The van der Waals surface area contributed by atoms with E-state index < -0.39 is 0 Å². The minimum atomic E-state index is -0.318. The highest BCUT2D eigenvalue weighted by Gasteiger charge is 2.41.